The molecule has 15 heavy (non-hydrogen) atoms. The highest BCUT2D eigenvalue weighted by Crippen LogP contribution is 2.22. The van der Waals surface area contributed by atoms with Crippen LogP contribution in [0.4, 0.5) is 0 Å². The third-order valence-electron chi connectivity index (χ3n) is 2.64. The lowest BCUT2D eigenvalue weighted by atomic mass is 9.99. The largest absolute Gasteiger partial charge is 0.292 e. The first-order chi connectivity index (χ1) is 7.25. The molecule has 1 aromatic rings. The molecule has 2 rings (SSSR count). The van der Waals surface area contributed by atoms with Gasteiger partial charge in [0.05, 0.1) is 0 Å². The zero-order valence-corrected chi connectivity index (χ0v) is 8.81. The minimum Gasteiger partial charge on any atom is -0.292 e. The molecule has 0 fully saturated rings. The Morgan fingerprint density at radius 3 is 2.87 bits per heavy atom. The van der Waals surface area contributed by atoms with Crippen molar-refractivity contribution in [3.8, 4) is 0 Å². The number of carbonyl (C=O) groups is 1. The van der Waals surface area contributed by atoms with Gasteiger partial charge in [-0.05, 0) is 31.7 Å². The van der Waals surface area contributed by atoms with Gasteiger partial charge in [-0.3, -0.25) is 4.79 Å². The van der Waals surface area contributed by atoms with Gasteiger partial charge < -0.3 is 0 Å². The summed E-state index contributed by atoms with van der Waals surface area (Å²) in [5.41, 5.74) is 0.550. The van der Waals surface area contributed by atoms with E-state index in [0.717, 1.165) is 12.8 Å². The Morgan fingerprint density at radius 2 is 2.20 bits per heavy atom. The van der Waals surface area contributed by atoms with Crippen molar-refractivity contribution < 1.29 is 4.79 Å². The van der Waals surface area contributed by atoms with Gasteiger partial charge in [-0.15, -0.1) is 0 Å². The Bertz CT molecular complexity index is 390. The molecule has 0 aromatic carbocycles. The number of rotatable bonds is 3. The van der Waals surface area contributed by atoms with Gasteiger partial charge in [0, 0.05) is 12.6 Å². The van der Waals surface area contributed by atoms with Crippen LogP contribution in [0.25, 0.3) is 0 Å². The Morgan fingerprint density at radius 1 is 1.47 bits per heavy atom. The van der Waals surface area contributed by atoms with Gasteiger partial charge in [0.15, 0.2) is 5.78 Å². The smallest absolute Gasteiger partial charge is 0.181 e. The van der Waals surface area contributed by atoms with Crippen molar-refractivity contribution in [1.29, 1.82) is 0 Å². The van der Waals surface area contributed by atoms with Crippen LogP contribution in [0.15, 0.2) is 24.4 Å². The van der Waals surface area contributed by atoms with E-state index in [-0.39, 0.29) is 5.78 Å². The zero-order chi connectivity index (χ0) is 10.7. The van der Waals surface area contributed by atoms with E-state index in [1.807, 2.05) is 0 Å². The Labute approximate surface area is 89.3 Å². The van der Waals surface area contributed by atoms with E-state index in [0.29, 0.717) is 23.9 Å². The van der Waals surface area contributed by atoms with E-state index < -0.39 is 0 Å². The maximum absolute atomic E-state index is 11.8. The molecule has 1 aliphatic carbocycles. The molecule has 0 radical (unpaired) electrons. The Hall–Kier alpha value is -1.51. The summed E-state index contributed by atoms with van der Waals surface area (Å²) in [7, 11) is 0. The summed E-state index contributed by atoms with van der Waals surface area (Å²) in [6.45, 7) is 1.80. The number of nitrogens with zero attached hydrogens (tertiary/aromatic N) is 2. The van der Waals surface area contributed by atoms with Crippen LogP contribution in [-0.4, -0.2) is 15.8 Å². The molecule has 0 saturated heterocycles. The van der Waals surface area contributed by atoms with Gasteiger partial charge >= 0.3 is 0 Å². The number of hydrogen-bond acceptors (Lipinski definition) is 3. The molecule has 1 aromatic heterocycles. The summed E-state index contributed by atoms with van der Waals surface area (Å²) in [6.07, 6.45) is 8.57. The van der Waals surface area contributed by atoms with Gasteiger partial charge in [0.2, 0.25) is 0 Å². The molecule has 0 atom stereocenters. The molecule has 0 unspecified atom stereocenters. The molecule has 0 amide bonds. The van der Waals surface area contributed by atoms with Gasteiger partial charge in [-0.1, -0.05) is 12.2 Å². The molecule has 3 heteroatoms. The summed E-state index contributed by atoms with van der Waals surface area (Å²) < 4.78 is 0. The van der Waals surface area contributed by atoms with Crippen molar-refractivity contribution in [1.82, 2.24) is 9.97 Å². The number of aryl methyl sites for hydroxylation is 1. The fraction of sp³-hybridized carbons (Fsp3) is 0.417. The van der Waals surface area contributed by atoms with Crippen LogP contribution in [0.1, 0.15) is 35.6 Å². The van der Waals surface area contributed by atoms with E-state index in [1.165, 1.54) is 0 Å². The van der Waals surface area contributed by atoms with Crippen molar-refractivity contribution in [3.63, 3.8) is 0 Å². The Kier molecular flexibility index (Phi) is 2.90. The van der Waals surface area contributed by atoms with Crippen LogP contribution < -0.4 is 0 Å². The monoisotopic (exact) mass is 202 g/mol. The average Bonchev–Trinajstić information content (AvgIpc) is 2.70. The van der Waals surface area contributed by atoms with Crippen molar-refractivity contribution in [3.05, 3.63) is 35.9 Å². The molecule has 0 aliphatic heterocycles. The van der Waals surface area contributed by atoms with Crippen molar-refractivity contribution in [2.45, 2.75) is 26.2 Å². The first-order valence-electron chi connectivity index (χ1n) is 5.23. The molecule has 1 heterocycles. The van der Waals surface area contributed by atoms with Crippen LogP contribution in [0.5, 0.6) is 0 Å². The molecule has 78 valence electrons. The predicted octanol–water partition coefficient (Wildman–Crippen LogP) is 2.32. The number of aromatic nitrogens is 2. The van der Waals surface area contributed by atoms with E-state index in [1.54, 1.807) is 19.2 Å². The number of Topliss-reactive ketones (excluding diaryl/α,β-unsaturated/α-hetero) is 1. The maximum Gasteiger partial charge on any atom is 0.181 e. The molecule has 1 aliphatic rings. The van der Waals surface area contributed by atoms with Crippen LogP contribution in [0, 0.1) is 12.8 Å². The Balaban J connectivity index is 2.01. The standard InChI is InChI=1S/C12H14N2O/c1-9-13-7-6-11(14-9)12(15)8-10-4-2-3-5-10/h2-3,6-7,10H,4-5,8H2,1H3. The fourth-order valence-electron chi connectivity index (χ4n) is 1.82. The highest BCUT2D eigenvalue weighted by atomic mass is 16.1. The molecule has 0 bridgehead atoms. The number of allylic oxidation sites excluding steroid dienone is 2. The third-order valence-corrected chi connectivity index (χ3v) is 2.64. The van der Waals surface area contributed by atoms with Crippen LogP contribution in [0.2, 0.25) is 0 Å². The van der Waals surface area contributed by atoms with Crippen LogP contribution in [-0.2, 0) is 0 Å². The maximum atomic E-state index is 11.8. The van der Waals surface area contributed by atoms with Crippen molar-refractivity contribution in [2.24, 2.45) is 5.92 Å². The number of carbonyl (C=O) groups excluding carboxylic acids is 1. The zero-order valence-electron chi connectivity index (χ0n) is 8.81. The minimum absolute atomic E-state index is 0.134. The first kappa shape index (κ1) is 10.0. The normalized spacial score (nSPS) is 15.8. The van der Waals surface area contributed by atoms with E-state index in [9.17, 15) is 4.79 Å². The van der Waals surface area contributed by atoms with Crippen LogP contribution in [0.3, 0.4) is 0 Å². The summed E-state index contributed by atoms with van der Waals surface area (Å²) >= 11 is 0. The van der Waals surface area contributed by atoms with E-state index in [2.05, 4.69) is 22.1 Å². The lowest BCUT2D eigenvalue weighted by Crippen LogP contribution is -2.09. The van der Waals surface area contributed by atoms with Gasteiger partial charge in [0.1, 0.15) is 11.5 Å². The highest BCUT2D eigenvalue weighted by molar-refractivity contribution is 5.94. The first-order valence-corrected chi connectivity index (χ1v) is 5.23. The molecule has 0 spiro atoms. The van der Waals surface area contributed by atoms with E-state index >= 15 is 0 Å². The molecule has 0 N–H and O–H groups in total. The van der Waals surface area contributed by atoms with Crippen molar-refractivity contribution >= 4 is 5.78 Å². The lowest BCUT2D eigenvalue weighted by Gasteiger charge is -2.07. The summed E-state index contributed by atoms with van der Waals surface area (Å²) in [6, 6.07) is 1.69. The molecular formula is C12H14N2O. The van der Waals surface area contributed by atoms with Gasteiger partial charge in [-0.25, -0.2) is 9.97 Å². The van der Waals surface area contributed by atoms with Crippen LogP contribution >= 0.6 is 0 Å². The number of ketones is 1. The average molecular weight is 202 g/mol. The molecular weight excluding hydrogens is 188 g/mol. The summed E-state index contributed by atoms with van der Waals surface area (Å²) in [5, 5.41) is 0. The third kappa shape index (κ3) is 2.49. The second-order valence-electron chi connectivity index (χ2n) is 3.93. The minimum atomic E-state index is 0.134. The van der Waals surface area contributed by atoms with Crippen molar-refractivity contribution in [2.75, 3.05) is 0 Å². The molecule has 0 saturated carbocycles. The molecule has 3 nitrogen and oxygen atoms in total. The SMILES string of the molecule is Cc1nccc(C(=O)CC2CC=CC2)n1. The fourth-order valence-corrected chi connectivity index (χ4v) is 1.82. The highest BCUT2D eigenvalue weighted by Gasteiger charge is 2.16. The summed E-state index contributed by atoms with van der Waals surface area (Å²) in [5.74, 6) is 1.27. The lowest BCUT2D eigenvalue weighted by molar-refractivity contribution is 0.0958. The van der Waals surface area contributed by atoms with Gasteiger partial charge in [-0.2, -0.15) is 0 Å². The summed E-state index contributed by atoms with van der Waals surface area (Å²) in [4.78, 5) is 19.9. The van der Waals surface area contributed by atoms with E-state index in [4.69, 9.17) is 0 Å². The predicted molar refractivity (Wildman–Crippen MR) is 57.6 cm³/mol. The second kappa shape index (κ2) is 4.34. The number of hydrogen-bond donors (Lipinski definition) is 0. The topological polar surface area (TPSA) is 42.9 Å². The quantitative estimate of drug-likeness (QED) is 0.558. The van der Waals surface area contributed by atoms with Gasteiger partial charge in [0.25, 0.3) is 0 Å². The second-order valence-corrected chi connectivity index (χ2v) is 3.93.